The van der Waals surface area contributed by atoms with Crippen molar-refractivity contribution >= 4 is 35.7 Å². The molecule has 0 saturated heterocycles. The number of imidazole rings is 1. The molecule has 11 heteroatoms. The Kier molecular flexibility index (Phi) is 11.4. The summed E-state index contributed by atoms with van der Waals surface area (Å²) in [5, 5.41) is 0. The van der Waals surface area contributed by atoms with Crippen molar-refractivity contribution in [2.45, 2.75) is 13.1 Å². The highest BCUT2D eigenvalue weighted by Gasteiger charge is 2.27. The van der Waals surface area contributed by atoms with Crippen LogP contribution >= 0.6 is 24.6 Å². The van der Waals surface area contributed by atoms with E-state index in [4.69, 9.17) is 21.7 Å². The third-order valence-corrected chi connectivity index (χ3v) is 4.03. The van der Waals surface area contributed by atoms with E-state index in [2.05, 4.69) is 19.7 Å². The van der Waals surface area contributed by atoms with E-state index in [0.717, 1.165) is 16.6 Å². The van der Waals surface area contributed by atoms with Gasteiger partial charge in [0.25, 0.3) is 0 Å². The minimum absolute atomic E-state index is 0. The van der Waals surface area contributed by atoms with Crippen LogP contribution in [-0.2, 0) is 9.47 Å². The maximum absolute atomic E-state index is 11.7. The first kappa shape index (κ1) is 25.9. The molecule has 0 spiro atoms. The van der Waals surface area contributed by atoms with E-state index < -0.39 is 12.8 Å². The number of rotatable bonds is 8. The summed E-state index contributed by atoms with van der Waals surface area (Å²) >= 11 is 5.05. The van der Waals surface area contributed by atoms with E-state index in [9.17, 15) is 13.2 Å². The molecule has 0 aliphatic heterocycles. The fraction of sp³-hybridized carbons (Fsp3) is 0.368. The van der Waals surface area contributed by atoms with Crippen molar-refractivity contribution in [2.24, 2.45) is 0 Å². The Morgan fingerprint density at radius 1 is 1.00 bits per heavy atom. The third-order valence-electron chi connectivity index (χ3n) is 3.61. The second-order valence-corrected chi connectivity index (χ2v) is 6.25. The number of H-pyrrole nitrogens is 2. The van der Waals surface area contributed by atoms with Crippen molar-refractivity contribution in [2.75, 3.05) is 33.0 Å². The van der Waals surface area contributed by atoms with E-state index in [0.29, 0.717) is 17.0 Å². The van der Waals surface area contributed by atoms with Crippen LogP contribution in [-0.4, -0.2) is 54.2 Å². The number of aromatic amines is 2. The number of pyridine rings is 1. The van der Waals surface area contributed by atoms with Crippen LogP contribution in [0.1, 0.15) is 5.56 Å². The Bertz CT molecular complexity index is 904. The molecule has 6 nitrogen and oxygen atoms in total. The van der Waals surface area contributed by atoms with Crippen LogP contribution in [0.15, 0.2) is 42.9 Å². The molecule has 3 rings (SSSR count). The molecule has 0 radical (unpaired) electrons. The number of aromatic nitrogens is 3. The quantitative estimate of drug-likeness (QED) is 0.361. The molecule has 2 heterocycles. The van der Waals surface area contributed by atoms with Gasteiger partial charge in [0.2, 0.25) is 0 Å². The minimum Gasteiger partial charge on any atom is -0.491 e. The van der Waals surface area contributed by atoms with Gasteiger partial charge in [-0.05, 0) is 25.1 Å². The first-order valence-electron chi connectivity index (χ1n) is 8.78. The molecular weight excluding hydrogens is 443 g/mol. The van der Waals surface area contributed by atoms with Crippen LogP contribution in [0.5, 0.6) is 5.75 Å². The van der Waals surface area contributed by atoms with Gasteiger partial charge < -0.3 is 24.2 Å². The zero-order chi connectivity index (χ0) is 21.1. The van der Waals surface area contributed by atoms with Crippen molar-refractivity contribution in [1.82, 2.24) is 15.0 Å². The monoisotopic (exact) mass is 465 g/mol. The van der Waals surface area contributed by atoms with Crippen molar-refractivity contribution in [3.05, 3.63) is 53.1 Å². The van der Waals surface area contributed by atoms with Gasteiger partial charge in [-0.15, -0.1) is 12.4 Å². The number of hydrogen-bond donors (Lipinski definition) is 2. The van der Waals surface area contributed by atoms with Crippen molar-refractivity contribution in [3.8, 4) is 5.75 Å². The van der Waals surface area contributed by atoms with Gasteiger partial charge in [0.05, 0.1) is 37.2 Å². The van der Waals surface area contributed by atoms with Gasteiger partial charge in [-0.1, -0.05) is 24.4 Å². The van der Waals surface area contributed by atoms with Crippen LogP contribution < -0.4 is 4.74 Å². The largest absolute Gasteiger partial charge is 0.491 e. The third kappa shape index (κ3) is 9.57. The lowest BCUT2D eigenvalue weighted by atomic mass is 10.3. The van der Waals surface area contributed by atoms with Crippen molar-refractivity contribution in [1.29, 1.82) is 0 Å². The Morgan fingerprint density at radius 3 is 2.43 bits per heavy atom. The van der Waals surface area contributed by atoms with Gasteiger partial charge in [-0.2, -0.15) is 13.2 Å². The molecule has 0 unspecified atom stereocenters. The van der Waals surface area contributed by atoms with Gasteiger partial charge in [0, 0.05) is 11.8 Å². The molecule has 0 bridgehead atoms. The van der Waals surface area contributed by atoms with Crippen molar-refractivity contribution < 1.29 is 27.4 Å². The summed E-state index contributed by atoms with van der Waals surface area (Å²) in [6.07, 6.45) is -0.923. The minimum atomic E-state index is -4.30. The smallest absolute Gasteiger partial charge is 0.411 e. The average molecular weight is 466 g/mol. The molecule has 3 aromatic rings. The number of halogens is 4. The van der Waals surface area contributed by atoms with Gasteiger partial charge in [-0.25, -0.2) is 4.98 Å². The average Bonchev–Trinajstić information content (AvgIpc) is 3.15. The standard InChI is InChI=1S/C12H16F3NO3S.C7H6N2.ClH/c1-9-10(2-3-16-11(9)20)19-7-6-17-4-5-18-8-12(13,14)15;1-2-4-7-6(3-1)8-5-9-7;/h2-3H,4-8H2,1H3,(H,16,20);1-5H,(H,8,9);1H. The number of ether oxygens (including phenoxy) is 3. The zero-order valence-corrected chi connectivity index (χ0v) is 17.8. The fourth-order valence-corrected chi connectivity index (χ4v) is 2.36. The zero-order valence-electron chi connectivity index (χ0n) is 16.2. The van der Waals surface area contributed by atoms with E-state index in [1.54, 1.807) is 18.6 Å². The molecule has 0 aliphatic rings. The lowest BCUT2D eigenvalue weighted by Crippen LogP contribution is -2.19. The second kappa shape index (κ2) is 13.2. The van der Waals surface area contributed by atoms with Gasteiger partial charge >= 0.3 is 6.18 Å². The molecule has 1 aromatic carbocycles. The highest BCUT2D eigenvalue weighted by atomic mass is 35.5. The summed E-state index contributed by atoms with van der Waals surface area (Å²) in [6, 6.07) is 9.69. The summed E-state index contributed by atoms with van der Waals surface area (Å²) < 4.78 is 50.8. The van der Waals surface area contributed by atoms with Crippen LogP contribution in [0.2, 0.25) is 0 Å². The van der Waals surface area contributed by atoms with Crippen LogP contribution in [0.3, 0.4) is 0 Å². The molecule has 0 amide bonds. The van der Waals surface area contributed by atoms with Crippen LogP contribution in [0.4, 0.5) is 13.2 Å². The summed E-state index contributed by atoms with van der Waals surface area (Å²) in [4.78, 5) is 9.94. The molecule has 0 fully saturated rings. The number of para-hydroxylation sites is 2. The maximum atomic E-state index is 11.7. The predicted molar refractivity (Wildman–Crippen MR) is 113 cm³/mol. The number of nitrogens with zero attached hydrogens (tertiary/aromatic N) is 1. The SMILES string of the molecule is Cc1c(OCCOCCOCC(F)(F)F)cc[nH]c1=S.Cl.c1ccc2[nH]cnc2c1. The van der Waals surface area contributed by atoms with E-state index >= 15 is 0 Å². The summed E-state index contributed by atoms with van der Waals surface area (Å²) in [7, 11) is 0. The molecule has 30 heavy (non-hydrogen) atoms. The molecule has 0 aliphatic carbocycles. The van der Waals surface area contributed by atoms with Crippen molar-refractivity contribution in [3.63, 3.8) is 0 Å². The number of benzene rings is 1. The van der Waals surface area contributed by atoms with Crippen LogP contribution in [0, 0.1) is 11.6 Å². The van der Waals surface area contributed by atoms with E-state index in [1.807, 2.05) is 31.2 Å². The number of hydrogen-bond acceptors (Lipinski definition) is 5. The Balaban J connectivity index is 0.000000371. The first-order valence-corrected chi connectivity index (χ1v) is 9.19. The Morgan fingerprint density at radius 2 is 1.70 bits per heavy atom. The Hall–Kier alpha value is -2.14. The number of alkyl halides is 3. The first-order chi connectivity index (χ1) is 13.9. The highest BCUT2D eigenvalue weighted by molar-refractivity contribution is 7.71. The summed E-state index contributed by atoms with van der Waals surface area (Å²) in [5.74, 6) is 0.658. The number of nitrogens with one attached hydrogen (secondary N) is 2. The van der Waals surface area contributed by atoms with E-state index in [1.165, 1.54) is 0 Å². The number of fused-ring (bicyclic) bond motifs is 1. The molecule has 2 N–H and O–H groups in total. The van der Waals surface area contributed by atoms with Crippen LogP contribution in [0.25, 0.3) is 11.0 Å². The lowest BCUT2D eigenvalue weighted by molar-refractivity contribution is -0.176. The summed E-state index contributed by atoms with van der Waals surface area (Å²) in [6.45, 7) is 1.12. The topological polar surface area (TPSA) is 72.2 Å². The normalized spacial score (nSPS) is 10.8. The van der Waals surface area contributed by atoms with Gasteiger partial charge in [0.15, 0.2) is 0 Å². The van der Waals surface area contributed by atoms with Gasteiger partial charge in [-0.3, -0.25) is 0 Å². The second-order valence-electron chi connectivity index (χ2n) is 5.84. The predicted octanol–water partition coefficient (Wildman–Crippen LogP) is 5.01. The molecule has 0 saturated carbocycles. The lowest BCUT2D eigenvalue weighted by Gasteiger charge is -2.10. The highest BCUT2D eigenvalue weighted by Crippen LogP contribution is 2.16. The Labute approximate surface area is 183 Å². The molecular formula is C19H23ClF3N3O3S. The van der Waals surface area contributed by atoms with E-state index in [-0.39, 0.29) is 32.2 Å². The molecule has 166 valence electrons. The van der Waals surface area contributed by atoms with Gasteiger partial charge in [0.1, 0.15) is 23.6 Å². The maximum Gasteiger partial charge on any atom is 0.411 e. The molecule has 0 atom stereocenters. The fourth-order valence-electron chi connectivity index (χ4n) is 2.19. The summed E-state index contributed by atoms with van der Waals surface area (Å²) in [5.41, 5.74) is 2.95. The molecule has 2 aromatic heterocycles.